The quantitative estimate of drug-likeness (QED) is 0.684. The molecular weight excluding hydrogens is 274 g/mol. The van der Waals surface area contributed by atoms with Gasteiger partial charge in [0.2, 0.25) is 0 Å². The molecule has 1 aliphatic heterocycles. The molecule has 0 amide bonds. The van der Waals surface area contributed by atoms with Crippen LogP contribution in [0, 0.1) is 21.3 Å². The van der Waals surface area contributed by atoms with Gasteiger partial charge in [-0.25, -0.2) is 4.52 Å². The van der Waals surface area contributed by atoms with Gasteiger partial charge in [0.05, 0.1) is 33.2 Å². The Morgan fingerprint density at radius 2 is 1.91 bits per heavy atom. The van der Waals surface area contributed by atoms with Gasteiger partial charge < -0.3 is 22.5 Å². The van der Waals surface area contributed by atoms with Gasteiger partial charge in [-0.15, -0.1) is 5.10 Å². The molecule has 0 bridgehead atoms. The van der Waals surface area contributed by atoms with Crippen LogP contribution in [0.3, 0.4) is 0 Å². The van der Waals surface area contributed by atoms with Crippen molar-refractivity contribution in [3.63, 3.8) is 0 Å². The van der Waals surface area contributed by atoms with Crippen LogP contribution in [0.25, 0.3) is 5.52 Å². The molecule has 5 nitrogen and oxygen atoms in total. The Morgan fingerprint density at radius 1 is 1.23 bits per heavy atom. The molecule has 22 heavy (non-hydrogen) atoms. The molecule has 0 spiro atoms. The maximum Gasteiger partial charge on any atom is 0.175 e. The Morgan fingerprint density at radius 3 is 2.50 bits per heavy atom. The Labute approximate surface area is 133 Å². The van der Waals surface area contributed by atoms with Crippen molar-refractivity contribution < 1.29 is 4.48 Å². The predicted molar refractivity (Wildman–Crippen MR) is 94.1 cm³/mol. The number of pyridine rings is 1. The highest BCUT2D eigenvalue weighted by Gasteiger charge is 2.34. The summed E-state index contributed by atoms with van der Waals surface area (Å²) in [6, 6.07) is 4.82. The third-order valence-corrected chi connectivity index (χ3v) is 4.88. The minimum absolute atomic E-state index is 0. The molecule has 2 aromatic rings. The normalized spacial score (nSPS) is 18.8. The fraction of sp³-hybridized carbons (Fsp3) is 0.529. The number of fused-ring (bicyclic) bond motifs is 1. The van der Waals surface area contributed by atoms with Crippen molar-refractivity contribution in [2.45, 2.75) is 26.3 Å². The van der Waals surface area contributed by atoms with Crippen LogP contribution in [0.5, 0.6) is 0 Å². The second kappa shape index (κ2) is 5.47. The van der Waals surface area contributed by atoms with Crippen LogP contribution in [0.4, 0.5) is 11.5 Å². The molecule has 0 saturated carbocycles. The highest BCUT2D eigenvalue weighted by Crippen LogP contribution is 2.31. The van der Waals surface area contributed by atoms with Crippen LogP contribution in [-0.4, -0.2) is 54.4 Å². The van der Waals surface area contributed by atoms with Crippen molar-refractivity contribution in [1.29, 1.82) is 0 Å². The molecule has 0 aliphatic carbocycles. The summed E-state index contributed by atoms with van der Waals surface area (Å²) in [5.74, 6) is 0.944. The number of quaternary nitrogens is 1. The number of aryl methyl sites for hydroxylation is 2. The predicted octanol–water partition coefficient (Wildman–Crippen LogP) is 2.27. The monoisotopic (exact) mass is 303 g/mol. The number of aromatic nitrogens is 2. The summed E-state index contributed by atoms with van der Waals surface area (Å²) in [5, 5.41) is 4.78. The summed E-state index contributed by atoms with van der Waals surface area (Å²) in [5.41, 5.74) is 10.6. The summed E-state index contributed by atoms with van der Waals surface area (Å²) >= 11 is 0. The van der Waals surface area contributed by atoms with Crippen LogP contribution >= 0.6 is 0 Å². The van der Waals surface area contributed by atoms with E-state index < -0.39 is 0 Å². The van der Waals surface area contributed by atoms with Gasteiger partial charge in [0.25, 0.3) is 0 Å². The molecule has 3 rings (SSSR count). The Bertz CT molecular complexity index is 680. The zero-order chi connectivity index (χ0) is 15.4. The first kappa shape index (κ1) is 16.6. The minimum Gasteiger partial charge on any atom is -0.394 e. The molecule has 0 radical (unpaired) electrons. The van der Waals surface area contributed by atoms with Crippen molar-refractivity contribution in [3.8, 4) is 0 Å². The second-order valence-electron chi connectivity index (χ2n) is 7.14. The van der Waals surface area contributed by atoms with Gasteiger partial charge in [-0.05, 0) is 25.5 Å². The van der Waals surface area contributed by atoms with Gasteiger partial charge in [0.15, 0.2) is 5.82 Å². The van der Waals surface area contributed by atoms with E-state index in [0.717, 1.165) is 40.3 Å². The van der Waals surface area contributed by atoms with E-state index in [1.165, 1.54) is 12.0 Å². The number of nitrogens with zero attached hydrogens (tertiary/aromatic N) is 4. The molecular formula is C17H29N5. The van der Waals surface area contributed by atoms with E-state index in [4.69, 9.17) is 10.8 Å². The molecule has 122 valence electrons. The van der Waals surface area contributed by atoms with Crippen molar-refractivity contribution in [2.75, 3.05) is 44.9 Å². The van der Waals surface area contributed by atoms with E-state index in [1.54, 1.807) is 0 Å². The fourth-order valence-corrected chi connectivity index (χ4v) is 3.14. The Balaban J connectivity index is 0.00000176. The maximum absolute atomic E-state index is 6.36. The first-order chi connectivity index (χ1) is 9.79. The van der Waals surface area contributed by atoms with E-state index in [1.807, 2.05) is 4.52 Å². The Hall–Kier alpha value is -1.75. The van der Waals surface area contributed by atoms with Gasteiger partial charge >= 0.3 is 0 Å². The molecule has 0 aromatic carbocycles. The molecule has 3 heterocycles. The molecule has 1 atom stereocenters. The van der Waals surface area contributed by atoms with Crippen LogP contribution < -0.4 is 10.6 Å². The number of nitrogen functional groups attached to an aromatic ring is 1. The molecule has 5 heteroatoms. The van der Waals surface area contributed by atoms with E-state index in [9.17, 15) is 0 Å². The topological polar surface area (TPSA) is 46.6 Å². The lowest BCUT2D eigenvalue weighted by molar-refractivity contribution is -0.893. The van der Waals surface area contributed by atoms with Crippen molar-refractivity contribution in [3.05, 3.63) is 30.8 Å². The molecule has 1 fully saturated rings. The van der Waals surface area contributed by atoms with E-state index >= 15 is 0 Å². The number of rotatable bonds is 2. The molecule has 1 unspecified atom stereocenters. The minimum atomic E-state index is 0. The third-order valence-electron chi connectivity index (χ3n) is 4.88. The van der Waals surface area contributed by atoms with Gasteiger partial charge in [0.1, 0.15) is 11.7 Å². The zero-order valence-electron chi connectivity index (χ0n) is 14.7. The maximum atomic E-state index is 6.36. The number of likely N-dealkylation sites (N-methyl/N-ethyl adjacent to an activating group) is 1. The lowest BCUT2D eigenvalue weighted by atomic mass is 10.2. The average molecular weight is 303 g/mol. The lowest BCUT2D eigenvalue weighted by Gasteiger charge is -2.31. The number of anilines is 2. The lowest BCUT2D eigenvalue weighted by Crippen LogP contribution is -2.46. The smallest absolute Gasteiger partial charge is 0.175 e. The summed E-state index contributed by atoms with van der Waals surface area (Å²) in [7, 11) is 6.78. The zero-order valence-corrected chi connectivity index (χ0v) is 14.7. The summed E-state index contributed by atoms with van der Waals surface area (Å²) in [6.07, 6.45) is 1.19. The Kier molecular flexibility index (Phi) is 4.13. The molecule has 2 aromatic heterocycles. The third kappa shape index (κ3) is 2.54. The molecule has 1 saturated heterocycles. The average Bonchev–Trinajstić information content (AvgIpc) is 2.99. The highest BCUT2D eigenvalue weighted by molar-refractivity contribution is 5.82. The van der Waals surface area contributed by atoms with E-state index in [-0.39, 0.29) is 7.43 Å². The van der Waals surface area contributed by atoms with Gasteiger partial charge in [-0.1, -0.05) is 6.07 Å². The van der Waals surface area contributed by atoms with Crippen LogP contribution in [0.1, 0.15) is 17.7 Å². The SMILES string of the molecule is Cc1ccc2c(N)c(N3CCC([N+](C)(C)C)C3)nn2c1C.[CH3-]. The number of nitrogens with two attached hydrogens (primary N) is 1. The van der Waals surface area contributed by atoms with Crippen LogP contribution in [0.15, 0.2) is 12.1 Å². The standard InChI is InChI=1S/C16H26N5.CH3/c1-11-6-7-14-15(17)16(18-20(14)12(11)2)19-9-8-13(10-19)21(3,4)5;/h6-7,13H,8-10,17H2,1-5H3;1H3/q+1;-1. The number of hydrogen-bond acceptors (Lipinski definition) is 3. The highest BCUT2D eigenvalue weighted by atomic mass is 15.4. The summed E-state index contributed by atoms with van der Waals surface area (Å²) in [6.45, 7) is 6.26. The van der Waals surface area contributed by atoms with E-state index in [2.05, 4.69) is 52.0 Å². The molecule has 2 N–H and O–H groups in total. The van der Waals surface area contributed by atoms with Crippen LogP contribution in [-0.2, 0) is 0 Å². The first-order valence-corrected chi connectivity index (χ1v) is 7.59. The van der Waals surface area contributed by atoms with Crippen molar-refractivity contribution >= 4 is 17.0 Å². The largest absolute Gasteiger partial charge is 0.394 e. The summed E-state index contributed by atoms with van der Waals surface area (Å²) < 4.78 is 2.97. The van der Waals surface area contributed by atoms with Gasteiger partial charge in [0, 0.05) is 18.7 Å². The van der Waals surface area contributed by atoms with Gasteiger partial charge in [-0.3, -0.25) is 0 Å². The number of hydrogen-bond donors (Lipinski definition) is 1. The fourth-order valence-electron chi connectivity index (χ4n) is 3.14. The first-order valence-electron chi connectivity index (χ1n) is 7.59. The second-order valence-corrected chi connectivity index (χ2v) is 7.14. The van der Waals surface area contributed by atoms with Gasteiger partial charge in [-0.2, -0.15) is 0 Å². The van der Waals surface area contributed by atoms with Crippen molar-refractivity contribution in [2.24, 2.45) is 0 Å². The van der Waals surface area contributed by atoms with Crippen LogP contribution in [0.2, 0.25) is 0 Å². The summed E-state index contributed by atoms with van der Waals surface area (Å²) in [4.78, 5) is 2.34. The molecule has 1 aliphatic rings. The van der Waals surface area contributed by atoms with E-state index in [0.29, 0.717) is 6.04 Å². The van der Waals surface area contributed by atoms with Crippen molar-refractivity contribution in [1.82, 2.24) is 9.61 Å².